The van der Waals surface area contributed by atoms with Crippen LogP contribution >= 0.6 is 0 Å². The second kappa shape index (κ2) is 13.4. The predicted molar refractivity (Wildman–Crippen MR) is 183 cm³/mol. The topological polar surface area (TPSA) is 107 Å². The van der Waals surface area contributed by atoms with E-state index >= 15 is 0 Å². The summed E-state index contributed by atoms with van der Waals surface area (Å²) < 4.78 is 18.9. The average Bonchev–Trinajstić information content (AvgIpc) is 3.44. The van der Waals surface area contributed by atoms with Crippen LogP contribution in [0.1, 0.15) is 59.9 Å². The Bertz CT molecular complexity index is 2070. The number of benzene rings is 2. The molecule has 5 aromatic rings. The van der Waals surface area contributed by atoms with Gasteiger partial charge in [-0.3, -0.25) is 23.7 Å². The molecule has 0 atom stereocenters. The molecule has 248 valence electrons. The van der Waals surface area contributed by atoms with Crippen LogP contribution in [0, 0.1) is 18.7 Å². The van der Waals surface area contributed by atoms with E-state index in [1.807, 2.05) is 38.2 Å². The molecule has 0 radical (unpaired) electrons. The van der Waals surface area contributed by atoms with Crippen LogP contribution in [0.5, 0.6) is 0 Å². The molecule has 1 aliphatic heterocycles. The number of halogens is 1. The van der Waals surface area contributed by atoms with Crippen LogP contribution in [0.15, 0.2) is 76.4 Å². The highest BCUT2D eigenvalue weighted by molar-refractivity contribution is 5.94. The van der Waals surface area contributed by atoms with Crippen molar-refractivity contribution in [2.75, 3.05) is 26.2 Å². The van der Waals surface area contributed by atoms with Crippen molar-refractivity contribution in [3.8, 4) is 16.8 Å². The van der Waals surface area contributed by atoms with Gasteiger partial charge in [0.05, 0.1) is 17.3 Å². The number of hydrogen-bond acceptors (Lipinski definition) is 7. The van der Waals surface area contributed by atoms with E-state index in [-0.39, 0.29) is 28.8 Å². The number of carbonyl (C=O) groups excluding carboxylic acids is 1. The number of rotatable bonds is 8. The van der Waals surface area contributed by atoms with Crippen LogP contribution < -0.4 is 16.6 Å². The predicted octanol–water partition coefficient (Wildman–Crippen LogP) is 4.80. The molecule has 0 bridgehead atoms. The summed E-state index contributed by atoms with van der Waals surface area (Å²) in [6.45, 7) is 6.87. The first-order valence-electron chi connectivity index (χ1n) is 16.7. The van der Waals surface area contributed by atoms with Crippen LogP contribution in [0.4, 0.5) is 4.39 Å². The quantitative estimate of drug-likeness (QED) is 0.241. The first-order valence-corrected chi connectivity index (χ1v) is 16.7. The Labute approximate surface area is 277 Å². The number of piperazine rings is 1. The Morgan fingerprint density at radius 2 is 1.71 bits per heavy atom. The zero-order chi connectivity index (χ0) is 33.4. The van der Waals surface area contributed by atoms with Gasteiger partial charge in [0.1, 0.15) is 11.5 Å². The summed E-state index contributed by atoms with van der Waals surface area (Å²) in [4.78, 5) is 47.6. The Kier molecular flexibility index (Phi) is 8.89. The minimum absolute atomic E-state index is 0.00278. The number of aryl methyl sites for hydroxylation is 2. The molecule has 7 rings (SSSR count). The van der Waals surface area contributed by atoms with Gasteiger partial charge in [0.25, 0.3) is 5.56 Å². The molecule has 11 heteroatoms. The molecule has 0 unspecified atom stereocenters. The van der Waals surface area contributed by atoms with Crippen molar-refractivity contribution in [3.63, 3.8) is 0 Å². The Hall–Kier alpha value is -4.74. The van der Waals surface area contributed by atoms with Crippen molar-refractivity contribution in [2.45, 2.75) is 51.6 Å². The van der Waals surface area contributed by atoms with E-state index in [4.69, 9.17) is 0 Å². The molecular weight excluding hydrogens is 609 g/mol. The van der Waals surface area contributed by atoms with Crippen LogP contribution in [0.25, 0.3) is 27.8 Å². The molecule has 4 heterocycles. The summed E-state index contributed by atoms with van der Waals surface area (Å²) in [7, 11) is 1.82. The van der Waals surface area contributed by atoms with Crippen LogP contribution in [-0.4, -0.2) is 60.8 Å². The first kappa shape index (κ1) is 31.8. The molecule has 10 nitrogen and oxygen atoms in total. The van der Waals surface area contributed by atoms with Crippen molar-refractivity contribution >= 4 is 16.8 Å². The Morgan fingerprint density at radius 1 is 0.958 bits per heavy atom. The highest BCUT2D eigenvalue weighted by atomic mass is 19.1. The lowest BCUT2D eigenvalue weighted by Crippen LogP contribution is -2.43. The van der Waals surface area contributed by atoms with Crippen LogP contribution in [0.2, 0.25) is 0 Å². The van der Waals surface area contributed by atoms with Gasteiger partial charge in [0.15, 0.2) is 11.4 Å². The van der Waals surface area contributed by atoms with E-state index in [9.17, 15) is 18.8 Å². The van der Waals surface area contributed by atoms with Gasteiger partial charge in [-0.2, -0.15) is 5.10 Å². The summed E-state index contributed by atoms with van der Waals surface area (Å²) in [6.07, 6.45) is 3.90. The maximum Gasteiger partial charge on any atom is 0.337 e. The van der Waals surface area contributed by atoms with Crippen molar-refractivity contribution in [1.29, 1.82) is 0 Å². The third kappa shape index (κ3) is 6.40. The summed E-state index contributed by atoms with van der Waals surface area (Å²) in [5.41, 5.74) is 4.16. The van der Waals surface area contributed by atoms with Crippen molar-refractivity contribution < 1.29 is 9.18 Å². The van der Waals surface area contributed by atoms with Crippen LogP contribution in [0.3, 0.4) is 0 Å². The van der Waals surface area contributed by atoms with Gasteiger partial charge >= 0.3 is 5.69 Å². The molecule has 1 N–H and O–H groups in total. The summed E-state index contributed by atoms with van der Waals surface area (Å²) in [6, 6.07) is 18.6. The lowest BCUT2D eigenvalue weighted by Gasteiger charge is -2.29. The molecule has 0 spiro atoms. The van der Waals surface area contributed by atoms with Gasteiger partial charge in [-0.05, 0) is 79.5 Å². The average molecular weight is 650 g/mol. The number of nitrogens with zero attached hydrogens (tertiary/aromatic N) is 6. The number of aromatic nitrogens is 5. The fourth-order valence-electron chi connectivity index (χ4n) is 7.16. The van der Waals surface area contributed by atoms with E-state index in [2.05, 4.69) is 44.6 Å². The fraction of sp³-hybridized carbons (Fsp3) is 0.378. The van der Waals surface area contributed by atoms with E-state index in [0.717, 1.165) is 61.8 Å². The number of fused-ring (bicyclic) bond motifs is 1. The molecule has 48 heavy (non-hydrogen) atoms. The standard InChI is InChI=1S/C37H40FN7O3/c1-24-18-33(41-42(24)2)34(46)19-25-8-12-30(13-9-25)45-36(47)32-21-29(38)22-40-35(32)44(37(45)48)31-5-3-4-28(20-31)27-10-6-26(7-11-27)23-43-16-14-39-15-17-43/h3-7,10-11,18,20-22,25,30,39H,8-9,12-17,19,23H2,1-2H3. The maximum atomic E-state index is 14.5. The number of hydrogen-bond donors (Lipinski definition) is 1. The molecule has 0 amide bonds. The molecule has 2 aliphatic rings. The van der Waals surface area contributed by atoms with Gasteiger partial charge in [-0.25, -0.2) is 18.7 Å². The van der Waals surface area contributed by atoms with Gasteiger partial charge < -0.3 is 5.32 Å². The summed E-state index contributed by atoms with van der Waals surface area (Å²) >= 11 is 0. The Morgan fingerprint density at radius 3 is 2.42 bits per heavy atom. The van der Waals surface area contributed by atoms with Crippen molar-refractivity contribution in [1.82, 2.24) is 34.1 Å². The van der Waals surface area contributed by atoms with Gasteiger partial charge in [0, 0.05) is 57.9 Å². The molecule has 1 saturated carbocycles. The molecule has 1 aliphatic carbocycles. The molecular formula is C37H40FN7O3. The van der Waals surface area contributed by atoms with Gasteiger partial charge in [0.2, 0.25) is 0 Å². The molecule has 2 fully saturated rings. The zero-order valence-electron chi connectivity index (χ0n) is 27.4. The summed E-state index contributed by atoms with van der Waals surface area (Å²) in [5, 5.41) is 7.77. The SMILES string of the molecule is Cc1cc(C(=O)CC2CCC(n3c(=O)c4cc(F)cnc4n(-c4cccc(-c5ccc(CN6CCNCC6)cc5)c4)c3=O)CC2)nn1C. The second-order valence-electron chi connectivity index (χ2n) is 13.2. The summed E-state index contributed by atoms with van der Waals surface area (Å²) in [5.74, 6) is -0.505. The largest absolute Gasteiger partial charge is 0.337 e. The van der Waals surface area contributed by atoms with Crippen LogP contribution in [-0.2, 0) is 13.6 Å². The zero-order valence-corrected chi connectivity index (χ0v) is 27.4. The smallest absolute Gasteiger partial charge is 0.314 e. The van der Waals surface area contributed by atoms with E-state index in [0.29, 0.717) is 43.5 Å². The first-order chi connectivity index (χ1) is 23.2. The third-order valence-electron chi connectivity index (χ3n) is 9.95. The van der Waals surface area contributed by atoms with Gasteiger partial charge in [-0.1, -0.05) is 36.4 Å². The highest BCUT2D eigenvalue weighted by Gasteiger charge is 2.29. The highest BCUT2D eigenvalue weighted by Crippen LogP contribution is 2.34. The number of Topliss-reactive ketones (excluding diaryl/α,β-unsaturated/α-hetero) is 1. The second-order valence-corrected chi connectivity index (χ2v) is 13.2. The molecule has 2 aromatic carbocycles. The number of nitrogens with one attached hydrogen (secondary N) is 1. The molecule has 3 aromatic heterocycles. The fourth-order valence-corrected chi connectivity index (χ4v) is 7.16. The minimum Gasteiger partial charge on any atom is -0.314 e. The third-order valence-corrected chi connectivity index (χ3v) is 9.95. The maximum absolute atomic E-state index is 14.5. The monoisotopic (exact) mass is 649 g/mol. The number of carbonyl (C=O) groups is 1. The van der Waals surface area contributed by atoms with E-state index in [1.165, 1.54) is 14.7 Å². The number of ketones is 1. The van der Waals surface area contributed by atoms with E-state index in [1.54, 1.807) is 10.7 Å². The van der Waals surface area contributed by atoms with Gasteiger partial charge in [-0.15, -0.1) is 0 Å². The van der Waals surface area contributed by atoms with E-state index < -0.39 is 17.1 Å². The Balaban J connectivity index is 1.17. The van der Waals surface area contributed by atoms with Crippen molar-refractivity contribution in [3.05, 3.63) is 110 Å². The lowest BCUT2D eigenvalue weighted by atomic mass is 9.82. The molecule has 1 saturated heterocycles. The normalized spacial score (nSPS) is 18.7. The van der Waals surface area contributed by atoms with Crippen molar-refractivity contribution in [2.24, 2.45) is 13.0 Å². The lowest BCUT2D eigenvalue weighted by molar-refractivity contribution is 0.0937. The number of pyridine rings is 1. The minimum atomic E-state index is -0.641.